The first-order chi connectivity index (χ1) is 12.8. The lowest BCUT2D eigenvalue weighted by Gasteiger charge is -2.70. The highest BCUT2D eigenvalue weighted by atomic mass is 15.1. The number of benzene rings is 2. The molecule has 0 amide bonds. The number of nitrogens with two attached hydrogens (primary N) is 3. The quantitative estimate of drug-likeness (QED) is 0.739. The van der Waals surface area contributed by atoms with Crippen molar-refractivity contribution in [3.63, 3.8) is 0 Å². The average Bonchev–Trinajstić information content (AvgIpc) is 2.62. The average molecular weight is 380 g/mol. The predicted octanol–water partition coefficient (Wildman–Crippen LogP) is 4.41. The molecule has 0 bridgehead atoms. The molecule has 152 valence electrons. The summed E-state index contributed by atoms with van der Waals surface area (Å²) in [4.78, 5) is 0. The third-order valence-corrected chi connectivity index (χ3v) is 8.46. The van der Waals surface area contributed by atoms with Crippen LogP contribution in [0.5, 0.6) is 0 Å². The summed E-state index contributed by atoms with van der Waals surface area (Å²) in [5, 5.41) is 0. The van der Waals surface area contributed by atoms with Crippen LogP contribution in [0.1, 0.15) is 65.0 Å². The molecule has 0 spiro atoms. The molecule has 4 unspecified atom stereocenters. The van der Waals surface area contributed by atoms with Crippen molar-refractivity contribution in [2.45, 2.75) is 70.5 Å². The third-order valence-electron chi connectivity index (χ3n) is 8.46. The highest BCUT2D eigenvalue weighted by Gasteiger charge is 2.69. The number of hydrogen-bond donors (Lipinski definition) is 3. The second-order valence-electron chi connectivity index (χ2n) is 10.3. The Kier molecular flexibility index (Phi) is 4.82. The van der Waals surface area contributed by atoms with Gasteiger partial charge in [0.1, 0.15) is 0 Å². The molecule has 0 heterocycles. The third kappa shape index (κ3) is 2.67. The molecule has 4 atom stereocenters. The van der Waals surface area contributed by atoms with Crippen LogP contribution in [0.4, 0.5) is 0 Å². The Balaban J connectivity index is 2.30. The lowest BCUT2D eigenvalue weighted by atomic mass is 9.39. The van der Waals surface area contributed by atoms with Crippen LogP contribution < -0.4 is 17.2 Å². The van der Waals surface area contributed by atoms with E-state index in [1.165, 1.54) is 11.1 Å². The molecule has 0 aromatic heterocycles. The first kappa shape index (κ1) is 21.0. The van der Waals surface area contributed by atoms with Gasteiger partial charge in [0.05, 0.1) is 0 Å². The van der Waals surface area contributed by atoms with Crippen LogP contribution in [0.15, 0.2) is 60.7 Å². The van der Waals surface area contributed by atoms with E-state index in [1.54, 1.807) is 0 Å². The fourth-order valence-electron chi connectivity index (χ4n) is 5.74. The summed E-state index contributed by atoms with van der Waals surface area (Å²) in [5.41, 5.74) is 21.1. The van der Waals surface area contributed by atoms with Crippen molar-refractivity contribution in [3.8, 4) is 0 Å². The fourth-order valence-corrected chi connectivity index (χ4v) is 5.74. The maximum absolute atomic E-state index is 7.20. The standard InChI is InChI=1S/C25H37N3/c1-21(2)17-22(3,24(5,27)25(6,28)23(21,4)26)20(18-13-9-7-10-14-18)19-15-11-8-12-16-19/h7-16,20H,17,26-28H2,1-6H3. The fraction of sp³-hybridized carbons (Fsp3) is 0.520. The number of hydrogen-bond acceptors (Lipinski definition) is 3. The molecule has 2 aromatic carbocycles. The summed E-state index contributed by atoms with van der Waals surface area (Å²) in [6, 6.07) is 21.3. The van der Waals surface area contributed by atoms with Crippen LogP contribution in [0.2, 0.25) is 0 Å². The molecule has 1 saturated carbocycles. The van der Waals surface area contributed by atoms with Gasteiger partial charge in [-0.15, -0.1) is 0 Å². The van der Waals surface area contributed by atoms with E-state index in [1.807, 2.05) is 6.92 Å². The normalized spacial score (nSPS) is 37.8. The zero-order chi connectivity index (χ0) is 21.0. The second kappa shape index (κ2) is 6.41. The van der Waals surface area contributed by atoms with Crippen molar-refractivity contribution in [2.75, 3.05) is 0 Å². The Morgan fingerprint density at radius 3 is 1.39 bits per heavy atom. The van der Waals surface area contributed by atoms with E-state index < -0.39 is 16.6 Å². The van der Waals surface area contributed by atoms with Crippen molar-refractivity contribution in [1.29, 1.82) is 0 Å². The predicted molar refractivity (Wildman–Crippen MR) is 119 cm³/mol. The molecular weight excluding hydrogens is 342 g/mol. The topological polar surface area (TPSA) is 78.1 Å². The molecule has 3 heteroatoms. The van der Waals surface area contributed by atoms with Gasteiger partial charge in [-0.05, 0) is 49.1 Å². The Morgan fingerprint density at radius 2 is 1.00 bits per heavy atom. The molecule has 2 aromatic rings. The molecule has 6 N–H and O–H groups in total. The zero-order valence-electron chi connectivity index (χ0n) is 18.3. The van der Waals surface area contributed by atoms with Crippen molar-refractivity contribution in [2.24, 2.45) is 28.0 Å². The molecule has 0 radical (unpaired) electrons. The van der Waals surface area contributed by atoms with E-state index >= 15 is 0 Å². The molecule has 0 saturated heterocycles. The van der Waals surface area contributed by atoms with Crippen LogP contribution in [0, 0.1) is 10.8 Å². The van der Waals surface area contributed by atoms with Crippen molar-refractivity contribution in [3.05, 3.63) is 71.8 Å². The van der Waals surface area contributed by atoms with Gasteiger partial charge in [-0.25, -0.2) is 0 Å². The molecular formula is C25H37N3. The molecule has 0 aliphatic heterocycles. The molecule has 28 heavy (non-hydrogen) atoms. The molecule has 3 nitrogen and oxygen atoms in total. The summed E-state index contributed by atoms with van der Waals surface area (Å²) in [6.07, 6.45) is 0.876. The van der Waals surface area contributed by atoms with Crippen molar-refractivity contribution < 1.29 is 0 Å². The highest BCUT2D eigenvalue weighted by molar-refractivity contribution is 5.40. The van der Waals surface area contributed by atoms with E-state index in [4.69, 9.17) is 17.2 Å². The summed E-state index contributed by atoms with van der Waals surface area (Å²) < 4.78 is 0. The zero-order valence-corrected chi connectivity index (χ0v) is 18.3. The van der Waals surface area contributed by atoms with Crippen LogP contribution in [-0.2, 0) is 0 Å². The minimum Gasteiger partial charge on any atom is -0.323 e. The van der Waals surface area contributed by atoms with Gasteiger partial charge in [-0.1, -0.05) is 81.4 Å². The Hall–Kier alpha value is -1.68. The van der Waals surface area contributed by atoms with Crippen LogP contribution >= 0.6 is 0 Å². The molecule has 3 rings (SSSR count). The van der Waals surface area contributed by atoms with Gasteiger partial charge in [-0.3, -0.25) is 0 Å². The molecule has 1 aliphatic carbocycles. The Morgan fingerprint density at radius 1 is 0.607 bits per heavy atom. The molecule has 1 fully saturated rings. The van der Waals surface area contributed by atoms with Crippen LogP contribution in [-0.4, -0.2) is 16.6 Å². The van der Waals surface area contributed by atoms with Crippen LogP contribution in [0.25, 0.3) is 0 Å². The number of rotatable bonds is 3. The lowest BCUT2D eigenvalue weighted by Crippen LogP contribution is -2.87. The maximum atomic E-state index is 7.20. The van der Waals surface area contributed by atoms with Gasteiger partial charge >= 0.3 is 0 Å². The van der Waals surface area contributed by atoms with E-state index in [9.17, 15) is 0 Å². The first-order valence-corrected chi connectivity index (χ1v) is 10.3. The van der Waals surface area contributed by atoms with Gasteiger partial charge in [0, 0.05) is 22.5 Å². The summed E-state index contributed by atoms with van der Waals surface area (Å²) >= 11 is 0. The lowest BCUT2D eigenvalue weighted by molar-refractivity contribution is -0.105. The van der Waals surface area contributed by atoms with Gasteiger partial charge in [-0.2, -0.15) is 0 Å². The Labute approximate surface area is 170 Å². The van der Waals surface area contributed by atoms with Gasteiger partial charge < -0.3 is 17.2 Å². The van der Waals surface area contributed by atoms with E-state index in [0.717, 1.165) is 6.42 Å². The largest absolute Gasteiger partial charge is 0.323 e. The molecule has 1 aliphatic rings. The Bertz CT molecular complexity index is 782. The van der Waals surface area contributed by atoms with E-state index in [2.05, 4.69) is 95.3 Å². The summed E-state index contributed by atoms with van der Waals surface area (Å²) in [6.45, 7) is 13.0. The minimum absolute atomic E-state index is 0.114. The summed E-state index contributed by atoms with van der Waals surface area (Å²) in [5.74, 6) is 0.114. The van der Waals surface area contributed by atoms with E-state index in [0.29, 0.717) is 0 Å². The maximum Gasteiger partial charge on any atom is 0.0496 e. The SMILES string of the molecule is CC1(C)CC(C)(C(c2ccccc2)c2ccccc2)C(C)(N)C(C)(N)C1(C)N. The first-order valence-electron chi connectivity index (χ1n) is 10.3. The van der Waals surface area contributed by atoms with Gasteiger partial charge in [0.15, 0.2) is 0 Å². The minimum atomic E-state index is -0.766. The van der Waals surface area contributed by atoms with Gasteiger partial charge in [0.2, 0.25) is 0 Å². The van der Waals surface area contributed by atoms with Gasteiger partial charge in [0.25, 0.3) is 0 Å². The smallest absolute Gasteiger partial charge is 0.0496 e. The van der Waals surface area contributed by atoms with Crippen molar-refractivity contribution >= 4 is 0 Å². The highest BCUT2D eigenvalue weighted by Crippen LogP contribution is 2.63. The van der Waals surface area contributed by atoms with Crippen molar-refractivity contribution in [1.82, 2.24) is 0 Å². The van der Waals surface area contributed by atoms with E-state index in [-0.39, 0.29) is 16.7 Å². The summed E-state index contributed by atoms with van der Waals surface area (Å²) in [7, 11) is 0. The second-order valence-corrected chi connectivity index (χ2v) is 10.3. The van der Waals surface area contributed by atoms with Crippen LogP contribution in [0.3, 0.4) is 0 Å². The monoisotopic (exact) mass is 379 g/mol.